The molecular formula is C13H11FN2O3. The van der Waals surface area contributed by atoms with E-state index in [1.54, 1.807) is 13.1 Å². The zero-order valence-corrected chi connectivity index (χ0v) is 10.1. The monoisotopic (exact) mass is 262 g/mol. The number of hydrogen-bond donors (Lipinski definition) is 1. The third kappa shape index (κ3) is 2.67. The highest BCUT2D eigenvalue weighted by atomic mass is 19.1. The summed E-state index contributed by atoms with van der Waals surface area (Å²) in [6.07, 6.45) is 2.96. The molecule has 0 aliphatic carbocycles. The maximum Gasteiger partial charge on any atom is 0.347 e. The second-order valence-electron chi connectivity index (χ2n) is 4.13. The number of aromatic carboxylic acids is 1. The van der Waals surface area contributed by atoms with Crippen LogP contribution in [0.4, 0.5) is 4.39 Å². The number of carboxylic acid groups (broad SMARTS) is 1. The van der Waals surface area contributed by atoms with Crippen molar-refractivity contribution in [1.29, 1.82) is 0 Å². The van der Waals surface area contributed by atoms with Crippen molar-refractivity contribution >= 4 is 5.97 Å². The van der Waals surface area contributed by atoms with Crippen molar-refractivity contribution in [3.8, 4) is 0 Å². The van der Waals surface area contributed by atoms with Gasteiger partial charge in [0.15, 0.2) is 0 Å². The van der Waals surface area contributed by atoms with E-state index in [1.807, 2.05) is 0 Å². The van der Waals surface area contributed by atoms with Gasteiger partial charge in [-0.1, -0.05) is 12.1 Å². The lowest BCUT2D eigenvalue weighted by Gasteiger charge is -2.08. The highest BCUT2D eigenvalue weighted by Crippen LogP contribution is 2.14. The van der Waals surface area contributed by atoms with E-state index in [4.69, 9.17) is 5.11 Å². The molecule has 5 nitrogen and oxygen atoms in total. The molecule has 0 amide bonds. The van der Waals surface area contributed by atoms with Gasteiger partial charge in [-0.3, -0.25) is 4.57 Å². The topological polar surface area (TPSA) is 72.2 Å². The average molecular weight is 262 g/mol. The van der Waals surface area contributed by atoms with Crippen LogP contribution in [-0.4, -0.2) is 20.6 Å². The van der Waals surface area contributed by atoms with E-state index >= 15 is 0 Å². The van der Waals surface area contributed by atoms with Crippen molar-refractivity contribution in [3.05, 3.63) is 63.6 Å². The van der Waals surface area contributed by atoms with E-state index in [-0.39, 0.29) is 12.1 Å². The third-order valence-corrected chi connectivity index (χ3v) is 2.63. The molecule has 19 heavy (non-hydrogen) atoms. The molecule has 0 aliphatic rings. The van der Waals surface area contributed by atoms with Crippen LogP contribution in [-0.2, 0) is 6.54 Å². The summed E-state index contributed by atoms with van der Waals surface area (Å²) in [4.78, 5) is 26.0. The SMILES string of the molecule is Cc1cnc(=O)n(Cc2cccc(C(=O)O)c2F)c1. The van der Waals surface area contributed by atoms with E-state index in [0.29, 0.717) is 0 Å². The summed E-state index contributed by atoms with van der Waals surface area (Å²) < 4.78 is 15.2. The van der Waals surface area contributed by atoms with Gasteiger partial charge in [0, 0.05) is 18.0 Å². The van der Waals surface area contributed by atoms with Gasteiger partial charge in [-0.25, -0.2) is 19.0 Å². The van der Waals surface area contributed by atoms with Crippen LogP contribution >= 0.6 is 0 Å². The Labute approximate surface area is 108 Å². The predicted molar refractivity (Wildman–Crippen MR) is 65.7 cm³/mol. The van der Waals surface area contributed by atoms with Crippen molar-refractivity contribution < 1.29 is 14.3 Å². The van der Waals surface area contributed by atoms with Gasteiger partial charge in [-0.15, -0.1) is 0 Å². The van der Waals surface area contributed by atoms with Gasteiger partial charge in [-0.05, 0) is 18.6 Å². The third-order valence-electron chi connectivity index (χ3n) is 2.63. The minimum Gasteiger partial charge on any atom is -0.478 e. The van der Waals surface area contributed by atoms with Crippen LogP contribution < -0.4 is 5.69 Å². The molecule has 0 atom stereocenters. The summed E-state index contributed by atoms with van der Waals surface area (Å²) in [5.41, 5.74) is -0.0271. The quantitative estimate of drug-likeness (QED) is 0.908. The van der Waals surface area contributed by atoms with Gasteiger partial charge >= 0.3 is 11.7 Å². The molecule has 0 spiro atoms. The molecule has 0 radical (unpaired) electrons. The fourth-order valence-corrected chi connectivity index (χ4v) is 1.73. The lowest BCUT2D eigenvalue weighted by Crippen LogP contribution is -2.23. The van der Waals surface area contributed by atoms with Crippen molar-refractivity contribution in [2.45, 2.75) is 13.5 Å². The molecule has 0 fully saturated rings. The van der Waals surface area contributed by atoms with E-state index in [1.165, 1.54) is 29.0 Å². The molecule has 0 unspecified atom stereocenters. The zero-order valence-electron chi connectivity index (χ0n) is 10.1. The van der Waals surface area contributed by atoms with Crippen LogP contribution in [0.15, 0.2) is 35.4 Å². The number of carboxylic acids is 1. The number of halogens is 1. The highest BCUT2D eigenvalue weighted by molar-refractivity contribution is 5.88. The Bertz CT molecular complexity index is 695. The maximum absolute atomic E-state index is 13.9. The lowest BCUT2D eigenvalue weighted by atomic mass is 10.1. The number of nitrogens with zero attached hydrogens (tertiary/aromatic N) is 2. The van der Waals surface area contributed by atoms with Gasteiger partial charge < -0.3 is 5.11 Å². The molecule has 98 valence electrons. The van der Waals surface area contributed by atoms with Crippen molar-refractivity contribution in [2.75, 3.05) is 0 Å². The van der Waals surface area contributed by atoms with E-state index in [0.717, 1.165) is 5.56 Å². The number of aryl methyl sites for hydroxylation is 1. The van der Waals surface area contributed by atoms with E-state index < -0.39 is 23.0 Å². The largest absolute Gasteiger partial charge is 0.478 e. The smallest absolute Gasteiger partial charge is 0.347 e. The lowest BCUT2D eigenvalue weighted by molar-refractivity contribution is 0.0691. The van der Waals surface area contributed by atoms with Crippen molar-refractivity contribution in [3.63, 3.8) is 0 Å². The molecule has 0 bridgehead atoms. The Morgan fingerprint density at radius 1 is 1.47 bits per heavy atom. The van der Waals surface area contributed by atoms with E-state index in [2.05, 4.69) is 4.98 Å². The molecule has 1 aromatic carbocycles. The fourth-order valence-electron chi connectivity index (χ4n) is 1.73. The first-order valence-electron chi connectivity index (χ1n) is 5.53. The van der Waals surface area contributed by atoms with Crippen LogP contribution in [0.3, 0.4) is 0 Å². The predicted octanol–water partition coefficient (Wildman–Crippen LogP) is 1.44. The summed E-state index contributed by atoms with van der Waals surface area (Å²) in [5.74, 6) is -2.17. The maximum atomic E-state index is 13.9. The zero-order chi connectivity index (χ0) is 14.0. The number of rotatable bonds is 3. The Morgan fingerprint density at radius 3 is 2.89 bits per heavy atom. The summed E-state index contributed by atoms with van der Waals surface area (Å²) >= 11 is 0. The molecular weight excluding hydrogens is 251 g/mol. The molecule has 6 heteroatoms. The van der Waals surface area contributed by atoms with Crippen LogP contribution in [0.1, 0.15) is 21.5 Å². The molecule has 2 aromatic rings. The van der Waals surface area contributed by atoms with Gasteiger partial charge in [0.2, 0.25) is 0 Å². The first kappa shape index (κ1) is 12.9. The highest BCUT2D eigenvalue weighted by Gasteiger charge is 2.14. The fraction of sp³-hybridized carbons (Fsp3) is 0.154. The number of aromatic nitrogens is 2. The minimum absolute atomic E-state index is 0.0551. The number of hydrogen-bond acceptors (Lipinski definition) is 3. The summed E-state index contributed by atoms with van der Waals surface area (Å²) in [7, 11) is 0. The summed E-state index contributed by atoms with van der Waals surface area (Å²) in [6.45, 7) is 1.70. The average Bonchev–Trinajstić information content (AvgIpc) is 2.36. The van der Waals surface area contributed by atoms with Gasteiger partial charge in [-0.2, -0.15) is 0 Å². The Balaban J connectivity index is 2.44. The molecule has 0 saturated heterocycles. The van der Waals surface area contributed by atoms with Crippen LogP contribution in [0.25, 0.3) is 0 Å². The van der Waals surface area contributed by atoms with Gasteiger partial charge in [0.25, 0.3) is 0 Å². The molecule has 1 aromatic heterocycles. The molecule has 0 aliphatic heterocycles. The van der Waals surface area contributed by atoms with Gasteiger partial charge in [0.05, 0.1) is 12.1 Å². The molecule has 1 N–H and O–H groups in total. The Kier molecular flexibility index (Phi) is 3.41. The molecule has 2 rings (SSSR count). The number of benzene rings is 1. The number of carbonyl (C=O) groups is 1. The Hall–Kier alpha value is -2.50. The van der Waals surface area contributed by atoms with Crippen molar-refractivity contribution in [2.24, 2.45) is 0 Å². The van der Waals surface area contributed by atoms with Crippen LogP contribution in [0.2, 0.25) is 0 Å². The van der Waals surface area contributed by atoms with Gasteiger partial charge in [0.1, 0.15) is 5.82 Å². The molecule has 0 saturated carbocycles. The summed E-state index contributed by atoms with van der Waals surface area (Å²) in [5, 5.41) is 8.83. The second kappa shape index (κ2) is 5.01. The first-order valence-corrected chi connectivity index (χ1v) is 5.53. The van der Waals surface area contributed by atoms with E-state index in [9.17, 15) is 14.0 Å². The summed E-state index contributed by atoms with van der Waals surface area (Å²) in [6, 6.07) is 4.06. The van der Waals surface area contributed by atoms with Crippen LogP contribution in [0, 0.1) is 12.7 Å². The van der Waals surface area contributed by atoms with Crippen molar-refractivity contribution in [1.82, 2.24) is 9.55 Å². The molecule has 1 heterocycles. The van der Waals surface area contributed by atoms with Crippen LogP contribution in [0.5, 0.6) is 0 Å². The first-order chi connectivity index (χ1) is 8.99. The minimum atomic E-state index is -1.34. The second-order valence-corrected chi connectivity index (χ2v) is 4.13. The normalized spacial score (nSPS) is 10.4. The Morgan fingerprint density at radius 2 is 2.21 bits per heavy atom. The standard InChI is InChI=1S/C13H11FN2O3/c1-8-5-15-13(19)16(6-8)7-9-3-2-4-10(11(9)14)12(17)18/h2-6H,7H2,1H3,(H,17,18).